The van der Waals surface area contributed by atoms with Crippen LogP contribution in [0.5, 0.6) is 0 Å². The molecule has 1 aromatic heterocycles. The number of urea groups is 1. The summed E-state index contributed by atoms with van der Waals surface area (Å²) in [6.45, 7) is 1.10. The highest BCUT2D eigenvalue weighted by atomic mass is 16.4. The summed E-state index contributed by atoms with van der Waals surface area (Å²) in [6.07, 6.45) is 6.20. The third-order valence-electron chi connectivity index (χ3n) is 3.58. The zero-order valence-electron chi connectivity index (χ0n) is 13.4. The number of nitrogens with zero attached hydrogens (tertiary/aromatic N) is 2. The molecule has 0 radical (unpaired) electrons. The fraction of sp³-hybridized carbons (Fsp3) is 0.353. The van der Waals surface area contributed by atoms with Gasteiger partial charge in [0.15, 0.2) is 0 Å². The molecule has 1 aromatic carbocycles. The molecule has 128 valence electrons. The third kappa shape index (κ3) is 6.51. The predicted molar refractivity (Wildman–Crippen MR) is 89.6 cm³/mol. The van der Waals surface area contributed by atoms with E-state index in [4.69, 9.17) is 5.11 Å². The van der Waals surface area contributed by atoms with E-state index in [1.54, 1.807) is 12.5 Å². The van der Waals surface area contributed by atoms with Gasteiger partial charge in [0.1, 0.15) is 0 Å². The minimum absolute atomic E-state index is 0.0207. The molecule has 1 atom stereocenters. The Labute approximate surface area is 140 Å². The average Bonchev–Trinajstić information content (AvgIpc) is 3.07. The number of rotatable bonds is 9. The number of aromatic nitrogens is 2. The smallest absolute Gasteiger partial charge is 0.315 e. The maximum absolute atomic E-state index is 12.0. The fourth-order valence-electron chi connectivity index (χ4n) is 2.38. The van der Waals surface area contributed by atoms with Crippen LogP contribution in [0, 0.1) is 0 Å². The number of nitrogens with one attached hydrogen (secondary N) is 2. The second-order valence-corrected chi connectivity index (χ2v) is 5.52. The summed E-state index contributed by atoms with van der Waals surface area (Å²) in [7, 11) is 0. The molecule has 2 amide bonds. The van der Waals surface area contributed by atoms with Gasteiger partial charge in [-0.15, -0.1) is 0 Å². The van der Waals surface area contributed by atoms with Crippen LogP contribution in [0.4, 0.5) is 4.79 Å². The monoisotopic (exact) mass is 330 g/mol. The van der Waals surface area contributed by atoms with Gasteiger partial charge in [-0.05, 0) is 18.4 Å². The third-order valence-corrected chi connectivity index (χ3v) is 3.58. The molecule has 0 bridgehead atoms. The highest BCUT2D eigenvalue weighted by Gasteiger charge is 2.14. The summed E-state index contributed by atoms with van der Waals surface area (Å²) in [5.41, 5.74) is 1.06. The van der Waals surface area contributed by atoms with Crippen molar-refractivity contribution in [3.05, 3.63) is 54.6 Å². The SMILES string of the molecule is O=C(O)CCC(Cc1ccccc1)NC(=O)NCCn1ccnc1. The lowest BCUT2D eigenvalue weighted by Crippen LogP contribution is -2.44. The van der Waals surface area contributed by atoms with E-state index in [9.17, 15) is 9.59 Å². The van der Waals surface area contributed by atoms with E-state index >= 15 is 0 Å². The number of carboxylic acids is 1. The van der Waals surface area contributed by atoms with Gasteiger partial charge in [0.25, 0.3) is 0 Å². The summed E-state index contributed by atoms with van der Waals surface area (Å²) in [4.78, 5) is 26.8. The molecule has 0 fully saturated rings. The molecule has 0 aliphatic carbocycles. The van der Waals surface area contributed by atoms with E-state index in [-0.39, 0.29) is 18.5 Å². The topological polar surface area (TPSA) is 96.3 Å². The standard InChI is InChI=1S/C17H22N4O3/c22-16(23)7-6-15(12-14-4-2-1-3-5-14)20-17(24)19-9-11-21-10-8-18-13-21/h1-5,8,10,13,15H,6-7,9,11-12H2,(H,22,23)(H2,19,20,24). The molecule has 2 rings (SSSR count). The lowest BCUT2D eigenvalue weighted by Gasteiger charge is -2.19. The van der Waals surface area contributed by atoms with Crippen molar-refractivity contribution in [2.45, 2.75) is 31.8 Å². The van der Waals surface area contributed by atoms with Crippen molar-refractivity contribution in [2.24, 2.45) is 0 Å². The molecule has 0 saturated heterocycles. The number of carbonyl (C=O) groups is 2. The molecule has 0 aliphatic rings. The quantitative estimate of drug-likeness (QED) is 0.651. The molecule has 3 N–H and O–H groups in total. The van der Waals surface area contributed by atoms with Crippen LogP contribution in [0.1, 0.15) is 18.4 Å². The number of carboxylic acid groups (broad SMARTS) is 1. The Morgan fingerprint density at radius 3 is 2.71 bits per heavy atom. The molecule has 0 aliphatic heterocycles. The molecule has 2 aromatic rings. The number of aliphatic carboxylic acids is 1. The summed E-state index contributed by atoms with van der Waals surface area (Å²) in [6, 6.07) is 9.19. The summed E-state index contributed by atoms with van der Waals surface area (Å²) in [5, 5.41) is 14.5. The second kappa shape index (κ2) is 9.34. The predicted octanol–water partition coefficient (Wildman–Crippen LogP) is 1.66. The Balaban J connectivity index is 1.81. The van der Waals surface area contributed by atoms with Gasteiger partial charge in [0.05, 0.1) is 6.33 Å². The van der Waals surface area contributed by atoms with Crippen molar-refractivity contribution in [3.8, 4) is 0 Å². The molecule has 24 heavy (non-hydrogen) atoms. The van der Waals surface area contributed by atoms with Crippen LogP contribution < -0.4 is 10.6 Å². The van der Waals surface area contributed by atoms with Gasteiger partial charge in [0, 0.05) is 37.9 Å². The Bertz CT molecular complexity index is 629. The number of imidazole rings is 1. The van der Waals surface area contributed by atoms with Crippen LogP contribution in [0.3, 0.4) is 0 Å². The maximum Gasteiger partial charge on any atom is 0.315 e. The molecule has 0 saturated carbocycles. The zero-order valence-corrected chi connectivity index (χ0v) is 13.4. The normalized spacial score (nSPS) is 11.7. The first-order valence-corrected chi connectivity index (χ1v) is 7.89. The lowest BCUT2D eigenvalue weighted by molar-refractivity contribution is -0.137. The van der Waals surface area contributed by atoms with Crippen LogP contribution >= 0.6 is 0 Å². The van der Waals surface area contributed by atoms with Gasteiger partial charge in [-0.1, -0.05) is 30.3 Å². The largest absolute Gasteiger partial charge is 0.481 e. The zero-order chi connectivity index (χ0) is 17.2. The van der Waals surface area contributed by atoms with Gasteiger partial charge >= 0.3 is 12.0 Å². The Morgan fingerprint density at radius 1 is 1.25 bits per heavy atom. The van der Waals surface area contributed by atoms with E-state index in [2.05, 4.69) is 15.6 Å². The summed E-state index contributed by atoms with van der Waals surface area (Å²) < 4.78 is 1.87. The number of benzene rings is 1. The van der Waals surface area contributed by atoms with Crippen LogP contribution in [-0.4, -0.2) is 39.2 Å². The first-order chi connectivity index (χ1) is 11.6. The van der Waals surface area contributed by atoms with E-state index in [1.807, 2.05) is 41.1 Å². The van der Waals surface area contributed by atoms with Crippen LogP contribution in [-0.2, 0) is 17.8 Å². The van der Waals surface area contributed by atoms with Crippen molar-refractivity contribution in [2.75, 3.05) is 6.54 Å². The number of carbonyl (C=O) groups excluding carboxylic acids is 1. The highest BCUT2D eigenvalue weighted by Crippen LogP contribution is 2.08. The van der Waals surface area contributed by atoms with E-state index in [0.29, 0.717) is 25.9 Å². The van der Waals surface area contributed by atoms with E-state index in [0.717, 1.165) is 5.56 Å². The van der Waals surface area contributed by atoms with Crippen molar-refractivity contribution in [1.29, 1.82) is 0 Å². The highest BCUT2D eigenvalue weighted by molar-refractivity contribution is 5.74. The molecular weight excluding hydrogens is 308 g/mol. The summed E-state index contributed by atoms with van der Waals surface area (Å²) >= 11 is 0. The van der Waals surface area contributed by atoms with Gasteiger partial charge in [-0.25, -0.2) is 9.78 Å². The summed E-state index contributed by atoms with van der Waals surface area (Å²) in [5.74, 6) is -0.865. The second-order valence-electron chi connectivity index (χ2n) is 5.52. The molecule has 0 spiro atoms. The number of hydrogen-bond acceptors (Lipinski definition) is 3. The Morgan fingerprint density at radius 2 is 2.04 bits per heavy atom. The van der Waals surface area contributed by atoms with Gasteiger partial charge < -0.3 is 20.3 Å². The van der Waals surface area contributed by atoms with Crippen LogP contribution in [0.2, 0.25) is 0 Å². The first-order valence-electron chi connectivity index (χ1n) is 7.89. The van der Waals surface area contributed by atoms with Gasteiger partial charge in [-0.3, -0.25) is 4.79 Å². The van der Waals surface area contributed by atoms with E-state index in [1.165, 1.54) is 0 Å². The first kappa shape index (κ1) is 17.5. The molecule has 1 unspecified atom stereocenters. The van der Waals surface area contributed by atoms with Crippen LogP contribution in [0.15, 0.2) is 49.1 Å². The fourth-order valence-corrected chi connectivity index (χ4v) is 2.38. The van der Waals surface area contributed by atoms with Crippen molar-refractivity contribution >= 4 is 12.0 Å². The van der Waals surface area contributed by atoms with Crippen molar-refractivity contribution < 1.29 is 14.7 Å². The van der Waals surface area contributed by atoms with Gasteiger partial charge in [-0.2, -0.15) is 0 Å². The van der Waals surface area contributed by atoms with E-state index < -0.39 is 5.97 Å². The average molecular weight is 330 g/mol. The van der Waals surface area contributed by atoms with Crippen molar-refractivity contribution in [3.63, 3.8) is 0 Å². The molecule has 7 nitrogen and oxygen atoms in total. The number of amides is 2. The molecular formula is C17H22N4O3. The lowest BCUT2D eigenvalue weighted by atomic mass is 10.0. The van der Waals surface area contributed by atoms with Crippen molar-refractivity contribution in [1.82, 2.24) is 20.2 Å². The maximum atomic E-state index is 12.0. The molecule has 7 heteroatoms. The Kier molecular flexibility index (Phi) is 6.82. The molecule has 1 heterocycles. The van der Waals surface area contributed by atoms with Crippen LogP contribution in [0.25, 0.3) is 0 Å². The minimum Gasteiger partial charge on any atom is -0.481 e. The Hall–Kier alpha value is -2.83. The minimum atomic E-state index is -0.865. The number of hydrogen-bond donors (Lipinski definition) is 3. The van der Waals surface area contributed by atoms with Gasteiger partial charge in [0.2, 0.25) is 0 Å².